The van der Waals surface area contributed by atoms with Gasteiger partial charge in [-0.1, -0.05) is 18.5 Å². The summed E-state index contributed by atoms with van der Waals surface area (Å²) in [7, 11) is 0. The Bertz CT molecular complexity index is 530. The average molecular weight is 279 g/mol. The fourth-order valence-corrected chi connectivity index (χ4v) is 2.49. The van der Waals surface area contributed by atoms with Crippen LogP contribution in [0.25, 0.3) is 0 Å². The lowest BCUT2D eigenvalue weighted by atomic mass is 10.2. The van der Waals surface area contributed by atoms with Gasteiger partial charge in [0.05, 0.1) is 5.25 Å². The monoisotopic (exact) mass is 279 g/mol. The molecular formula is C13H17N3O2S. The van der Waals surface area contributed by atoms with Crippen LogP contribution in [0.2, 0.25) is 0 Å². The van der Waals surface area contributed by atoms with E-state index < -0.39 is 0 Å². The molecule has 0 spiro atoms. The first kappa shape index (κ1) is 13.9. The molecular weight excluding hydrogens is 262 g/mol. The van der Waals surface area contributed by atoms with Crippen LogP contribution in [0.4, 0.5) is 0 Å². The number of thioether (sulfide) groups is 1. The van der Waals surface area contributed by atoms with Crippen LogP contribution in [0.1, 0.15) is 43.7 Å². The molecule has 19 heavy (non-hydrogen) atoms. The molecule has 0 aliphatic carbocycles. The largest absolute Gasteiger partial charge is 0.618 e. The Morgan fingerprint density at radius 1 is 1.47 bits per heavy atom. The number of unbranched alkanes of at least 4 members (excludes halogenated alkanes) is 1. The Labute approximate surface area is 116 Å². The molecule has 0 N–H and O–H groups in total. The topological polar surface area (TPSA) is 65.9 Å². The van der Waals surface area contributed by atoms with Crippen molar-refractivity contribution >= 4 is 11.8 Å². The lowest BCUT2D eigenvalue weighted by Gasteiger charge is -2.06. The Morgan fingerprint density at radius 3 is 3.05 bits per heavy atom. The highest BCUT2D eigenvalue weighted by Gasteiger charge is 2.19. The van der Waals surface area contributed by atoms with Gasteiger partial charge in [0.1, 0.15) is 0 Å². The van der Waals surface area contributed by atoms with Gasteiger partial charge in [-0.3, -0.25) is 0 Å². The van der Waals surface area contributed by atoms with Gasteiger partial charge in [-0.2, -0.15) is 9.71 Å². The van der Waals surface area contributed by atoms with E-state index in [-0.39, 0.29) is 5.25 Å². The maximum Gasteiger partial charge on any atom is 0.252 e. The molecule has 1 atom stereocenters. The van der Waals surface area contributed by atoms with E-state index in [1.54, 1.807) is 12.1 Å². The molecule has 0 aliphatic heterocycles. The summed E-state index contributed by atoms with van der Waals surface area (Å²) in [5, 5.41) is 16.1. The number of aromatic nitrogens is 3. The molecule has 2 aromatic heterocycles. The van der Waals surface area contributed by atoms with Crippen LogP contribution < -0.4 is 4.73 Å². The van der Waals surface area contributed by atoms with Crippen molar-refractivity contribution in [3.63, 3.8) is 0 Å². The lowest BCUT2D eigenvalue weighted by Crippen LogP contribution is -2.27. The zero-order chi connectivity index (χ0) is 13.7. The summed E-state index contributed by atoms with van der Waals surface area (Å²) in [5.74, 6) is 1.31. The van der Waals surface area contributed by atoms with Crippen LogP contribution in [-0.4, -0.2) is 10.1 Å². The Morgan fingerprint density at radius 2 is 2.32 bits per heavy atom. The van der Waals surface area contributed by atoms with Gasteiger partial charge >= 0.3 is 0 Å². The van der Waals surface area contributed by atoms with E-state index in [0.29, 0.717) is 10.9 Å². The van der Waals surface area contributed by atoms with Gasteiger partial charge in [-0.05, 0) is 31.2 Å². The quantitative estimate of drug-likeness (QED) is 0.462. The number of aryl methyl sites for hydroxylation is 1. The SMILES string of the molecule is CCCCc1noc(C(C)Sc2cccc[n+]2[O-])n1. The van der Waals surface area contributed by atoms with Crippen molar-refractivity contribution in [3.05, 3.63) is 41.3 Å². The van der Waals surface area contributed by atoms with Crippen molar-refractivity contribution in [2.75, 3.05) is 0 Å². The van der Waals surface area contributed by atoms with Crippen LogP contribution >= 0.6 is 11.8 Å². The van der Waals surface area contributed by atoms with Gasteiger partial charge in [0.15, 0.2) is 12.0 Å². The number of rotatable bonds is 6. The highest BCUT2D eigenvalue weighted by Crippen LogP contribution is 2.31. The molecule has 1 unspecified atom stereocenters. The van der Waals surface area contributed by atoms with Gasteiger partial charge in [-0.25, -0.2) is 0 Å². The third-order valence-electron chi connectivity index (χ3n) is 2.67. The summed E-state index contributed by atoms with van der Waals surface area (Å²) < 4.78 is 6.09. The van der Waals surface area contributed by atoms with E-state index in [0.717, 1.165) is 29.8 Å². The average Bonchev–Trinajstić information content (AvgIpc) is 2.88. The van der Waals surface area contributed by atoms with E-state index in [4.69, 9.17) is 4.52 Å². The molecule has 0 bridgehead atoms. The lowest BCUT2D eigenvalue weighted by molar-refractivity contribution is -0.645. The molecule has 5 nitrogen and oxygen atoms in total. The van der Waals surface area contributed by atoms with Gasteiger partial charge in [0, 0.05) is 18.6 Å². The Kier molecular flexibility index (Phi) is 4.79. The van der Waals surface area contributed by atoms with Crippen molar-refractivity contribution in [3.8, 4) is 0 Å². The van der Waals surface area contributed by atoms with Crippen molar-refractivity contribution in [2.24, 2.45) is 0 Å². The second-order valence-electron chi connectivity index (χ2n) is 4.28. The standard InChI is InChI=1S/C13H17N3O2S/c1-3-4-7-11-14-13(18-15-11)10(2)19-12-8-5-6-9-16(12)17/h5-6,8-10H,3-4,7H2,1-2H3. The smallest absolute Gasteiger partial charge is 0.252 e. The second-order valence-corrected chi connectivity index (χ2v) is 5.64. The minimum Gasteiger partial charge on any atom is -0.618 e. The predicted octanol–water partition coefficient (Wildman–Crippen LogP) is 2.90. The molecule has 0 saturated heterocycles. The third kappa shape index (κ3) is 3.70. The molecule has 0 aliphatic rings. The first-order chi connectivity index (χ1) is 9.20. The fourth-order valence-electron chi connectivity index (χ4n) is 1.60. The van der Waals surface area contributed by atoms with Crippen molar-refractivity contribution in [1.29, 1.82) is 0 Å². The van der Waals surface area contributed by atoms with Crippen molar-refractivity contribution in [1.82, 2.24) is 10.1 Å². The Hall–Kier alpha value is -1.56. The number of pyridine rings is 1. The number of nitrogens with zero attached hydrogens (tertiary/aromatic N) is 3. The molecule has 0 amide bonds. The first-order valence-corrected chi connectivity index (χ1v) is 7.26. The Balaban J connectivity index is 2.01. The fraction of sp³-hybridized carbons (Fsp3) is 0.462. The summed E-state index contributed by atoms with van der Waals surface area (Å²) in [6.07, 6.45) is 4.48. The molecule has 2 aromatic rings. The first-order valence-electron chi connectivity index (χ1n) is 6.38. The molecule has 2 heterocycles. The summed E-state index contributed by atoms with van der Waals surface area (Å²) in [6, 6.07) is 5.32. The molecule has 0 radical (unpaired) electrons. The van der Waals surface area contributed by atoms with Crippen LogP contribution in [0.5, 0.6) is 0 Å². The van der Waals surface area contributed by atoms with Crippen LogP contribution in [-0.2, 0) is 6.42 Å². The summed E-state index contributed by atoms with van der Waals surface area (Å²) in [5.41, 5.74) is 0. The molecule has 0 saturated carbocycles. The molecule has 6 heteroatoms. The van der Waals surface area contributed by atoms with Crippen LogP contribution in [0, 0.1) is 5.21 Å². The van der Waals surface area contributed by atoms with Crippen molar-refractivity contribution in [2.45, 2.75) is 43.4 Å². The predicted molar refractivity (Wildman–Crippen MR) is 72.6 cm³/mol. The number of hydrogen-bond donors (Lipinski definition) is 0. The maximum absolute atomic E-state index is 11.6. The highest BCUT2D eigenvalue weighted by molar-refractivity contribution is 7.99. The minimum atomic E-state index is -0.0366. The van der Waals surface area contributed by atoms with E-state index in [2.05, 4.69) is 17.1 Å². The summed E-state index contributed by atoms with van der Waals surface area (Å²) in [4.78, 5) is 4.36. The van der Waals surface area contributed by atoms with Crippen LogP contribution in [0.3, 0.4) is 0 Å². The third-order valence-corrected chi connectivity index (χ3v) is 3.78. The minimum absolute atomic E-state index is 0.0366. The summed E-state index contributed by atoms with van der Waals surface area (Å²) in [6.45, 7) is 4.08. The van der Waals surface area contributed by atoms with Gasteiger partial charge in [0.25, 0.3) is 5.03 Å². The highest BCUT2D eigenvalue weighted by atomic mass is 32.2. The van der Waals surface area contributed by atoms with Gasteiger partial charge in [0.2, 0.25) is 5.89 Å². The molecule has 0 fully saturated rings. The maximum atomic E-state index is 11.6. The normalized spacial score (nSPS) is 12.5. The zero-order valence-electron chi connectivity index (χ0n) is 11.1. The van der Waals surface area contributed by atoms with E-state index in [9.17, 15) is 5.21 Å². The van der Waals surface area contributed by atoms with Gasteiger partial charge < -0.3 is 9.73 Å². The molecule has 102 valence electrons. The van der Waals surface area contributed by atoms with E-state index >= 15 is 0 Å². The molecule has 0 aromatic carbocycles. The number of hydrogen-bond acceptors (Lipinski definition) is 5. The zero-order valence-corrected chi connectivity index (χ0v) is 11.9. The molecule has 2 rings (SSSR count). The van der Waals surface area contributed by atoms with Gasteiger partial charge in [-0.15, -0.1) is 0 Å². The summed E-state index contributed by atoms with van der Waals surface area (Å²) >= 11 is 1.41. The van der Waals surface area contributed by atoms with E-state index in [1.165, 1.54) is 18.0 Å². The second kappa shape index (κ2) is 6.56. The van der Waals surface area contributed by atoms with Crippen molar-refractivity contribution < 1.29 is 9.25 Å². The van der Waals surface area contributed by atoms with E-state index in [1.807, 2.05) is 13.0 Å². The van der Waals surface area contributed by atoms with Crippen LogP contribution in [0.15, 0.2) is 33.9 Å².